The first-order valence-corrected chi connectivity index (χ1v) is 6.42. The molecule has 0 radical (unpaired) electrons. The topological polar surface area (TPSA) is 72.1 Å². The van der Waals surface area contributed by atoms with E-state index in [2.05, 4.69) is 0 Å². The molecule has 0 aliphatic carbocycles. The van der Waals surface area contributed by atoms with Gasteiger partial charge in [-0.25, -0.2) is 0 Å². The van der Waals surface area contributed by atoms with E-state index >= 15 is 0 Å². The van der Waals surface area contributed by atoms with Gasteiger partial charge in [-0.1, -0.05) is 0 Å². The minimum atomic E-state index is -0.497. The molecule has 2 atom stereocenters. The van der Waals surface area contributed by atoms with E-state index in [0.29, 0.717) is 0 Å². The van der Waals surface area contributed by atoms with Crippen LogP contribution in [0.3, 0.4) is 0 Å². The maximum atomic E-state index is 11.1. The molecule has 6 heteroatoms. The number of nitrogens with zero attached hydrogens (tertiary/aromatic N) is 1. The molecule has 60 valence electrons. The van der Waals surface area contributed by atoms with Crippen LogP contribution in [0.1, 0.15) is 0 Å². The van der Waals surface area contributed by atoms with Gasteiger partial charge >= 0.3 is 84.0 Å². The number of hydrogen-bond acceptors (Lipinski definition) is 3. The molecule has 4 nitrogen and oxygen atoms in total. The first kappa shape index (κ1) is 8.94. The van der Waals surface area contributed by atoms with Crippen molar-refractivity contribution in [3.63, 3.8) is 0 Å². The molecule has 1 amide bonds. The number of rotatable bonds is 2. The summed E-state index contributed by atoms with van der Waals surface area (Å²) in [6.07, 6.45) is 0. The molecule has 1 aliphatic rings. The molecule has 1 heterocycles. The van der Waals surface area contributed by atoms with Gasteiger partial charge in [-0.15, -0.1) is 0 Å². The summed E-state index contributed by atoms with van der Waals surface area (Å²) >= 11 is 1.98. The Hall–Kier alpha value is 0.850. The van der Waals surface area contributed by atoms with Gasteiger partial charge in [-0.05, 0) is 0 Å². The summed E-state index contributed by atoms with van der Waals surface area (Å²) in [4.78, 5) is 11.1. The van der Waals surface area contributed by atoms with E-state index in [4.69, 9.17) is 11.5 Å². The summed E-state index contributed by atoms with van der Waals surface area (Å²) in [6, 6.07) is -0.497. The molecular weight excluding hydrogens is 360 g/mol. The molecule has 0 spiro atoms. The van der Waals surface area contributed by atoms with E-state index in [1.54, 1.807) is 3.11 Å². The maximum absolute atomic E-state index is 11.1. The van der Waals surface area contributed by atoms with Crippen LogP contribution in [0.25, 0.3) is 0 Å². The van der Waals surface area contributed by atoms with Crippen LogP contribution >= 0.6 is 22.6 Å². The second kappa shape index (κ2) is 3.50. The van der Waals surface area contributed by atoms with Gasteiger partial charge in [0.2, 0.25) is 0 Å². The third-order valence-electron chi connectivity index (χ3n) is 1.11. The van der Waals surface area contributed by atoms with Crippen LogP contribution in [0.4, 0.5) is 0 Å². The Balaban J connectivity index is 2.38. The van der Waals surface area contributed by atoms with Crippen molar-refractivity contribution in [2.75, 3.05) is 4.55 Å². The van der Waals surface area contributed by atoms with Crippen molar-refractivity contribution in [3.05, 3.63) is 0 Å². The predicted octanol–water partition coefficient (Wildman–Crippen LogP) is -4.16. The van der Waals surface area contributed by atoms with Crippen LogP contribution < -0.4 is 32.9 Å². The summed E-state index contributed by atoms with van der Waals surface area (Å²) < 4.78 is 2.49. The van der Waals surface area contributed by atoms with Gasteiger partial charge in [0.05, 0.1) is 0 Å². The molecule has 10 heavy (non-hydrogen) atoms. The third kappa shape index (κ3) is 2.17. The van der Waals surface area contributed by atoms with E-state index in [9.17, 15) is 4.79 Å². The van der Waals surface area contributed by atoms with Gasteiger partial charge in [0.15, 0.2) is 0 Å². The van der Waals surface area contributed by atoms with Crippen molar-refractivity contribution in [1.29, 1.82) is 0 Å². The minimum absolute atomic E-state index is 0.0196. The molecule has 0 bridgehead atoms. The Morgan fingerprint density at radius 1 is 1.70 bits per heavy atom. The van der Waals surface area contributed by atoms with E-state index in [1.165, 1.54) is 0 Å². The molecule has 0 aromatic rings. The first-order valence-electron chi connectivity index (χ1n) is 2.69. The average molecular weight is 368 g/mol. The van der Waals surface area contributed by atoms with Crippen molar-refractivity contribution in [1.82, 2.24) is 3.11 Å². The quantitative estimate of drug-likeness (QED) is 0.171. The monoisotopic (exact) mass is 368 g/mol. The zero-order valence-electron chi connectivity index (χ0n) is 5.13. The number of hydrogen-bond donors (Lipinski definition) is 2. The summed E-state index contributed by atoms with van der Waals surface area (Å²) in [7, 11) is 0. The Morgan fingerprint density at radius 3 is 2.50 bits per heavy atom. The summed E-state index contributed by atoms with van der Waals surface area (Å²) in [5.74, 6) is 0.0229. The Labute approximate surface area is 83.4 Å². The standard InChI is InChI=1S/C4H8I2N3O/c5-3(8)2(7)4(10)9-1-6-9/h2-3H,1,7-8H2/q-1. The Morgan fingerprint density at radius 2 is 2.20 bits per heavy atom. The number of halogens is 2. The zero-order chi connectivity index (χ0) is 7.72. The van der Waals surface area contributed by atoms with Gasteiger partial charge in [0.25, 0.3) is 0 Å². The fraction of sp³-hybridized carbons (Fsp3) is 0.750. The summed E-state index contributed by atoms with van der Waals surface area (Å²) in [5.41, 5.74) is 10.9. The Kier molecular flexibility index (Phi) is 3.13. The summed E-state index contributed by atoms with van der Waals surface area (Å²) in [6.45, 7) is 0. The number of amides is 1. The average Bonchev–Trinajstić information content (AvgIpc) is 2.65. The van der Waals surface area contributed by atoms with Crippen LogP contribution in [0, 0.1) is 0 Å². The van der Waals surface area contributed by atoms with Crippen LogP contribution in [0.15, 0.2) is 0 Å². The predicted molar refractivity (Wildman–Crippen MR) is 41.7 cm³/mol. The summed E-state index contributed by atoms with van der Waals surface area (Å²) in [5, 5.41) is 0. The number of alkyl halides is 2. The Bertz CT molecular complexity index is 147. The fourth-order valence-electron chi connectivity index (χ4n) is 0.442. The van der Waals surface area contributed by atoms with Crippen molar-refractivity contribution < 1.29 is 26.3 Å². The van der Waals surface area contributed by atoms with Crippen LogP contribution in [0.2, 0.25) is 0 Å². The molecular formula is C4H8I2N3O-. The normalized spacial score (nSPS) is 22.9. The third-order valence-corrected chi connectivity index (χ3v) is 3.72. The van der Waals surface area contributed by atoms with Crippen LogP contribution in [-0.4, -0.2) is 23.7 Å². The van der Waals surface area contributed by atoms with Crippen LogP contribution in [0.5, 0.6) is 0 Å². The fourth-order valence-corrected chi connectivity index (χ4v) is 1.90. The van der Waals surface area contributed by atoms with Crippen molar-refractivity contribution in [2.45, 2.75) is 10.1 Å². The van der Waals surface area contributed by atoms with Gasteiger partial charge in [0, 0.05) is 0 Å². The van der Waals surface area contributed by atoms with Crippen molar-refractivity contribution >= 4 is 28.5 Å². The van der Waals surface area contributed by atoms with E-state index < -0.39 is 6.04 Å². The van der Waals surface area contributed by atoms with E-state index in [1.807, 2.05) is 22.6 Å². The molecule has 1 fully saturated rings. The molecule has 1 rings (SSSR count). The van der Waals surface area contributed by atoms with Gasteiger partial charge in [0.1, 0.15) is 0 Å². The van der Waals surface area contributed by atoms with Gasteiger partial charge < -0.3 is 0 Å². The SMILES string of the molecule is NC(I)C(N)C(=O)N1C[I-]1. The van der Waals surface area contributed by atoms with E-state index in [0.717, 1.165) is 4.55 Å². The van der Waals surface area contributed by atoms with Crippen LogP contribution in [-0.2, 0) is 4.79 Å². The first-order chi connectivity index (χ1) is 4.63. The molecule has 0 aromatic heterocycles. The van der Waals surface area contributed by atoms with Crippen molar-refractivity contribution in [2.24, 2.45) is 11.5 Å². The zero-order valence-corrected chi connectivity index (χ0v) is 9.44. The van der Waals surface area contributed by atoms with Gasteiger partial charge in [-0.2, -0.15) is 0 Å². The molecule has 1 saturated heterocycles. The van der Waals surface area contributed by atoms with Gasteiger partial charge in [-0.3, -0.25) is 0 Å². The van der Waals surface area contributed by atoms with Crippen molar-refractivity contribution in [3.8, 4) is 0 Å². The second-order valence-corrected chi connectivity index (χ2v) is 5.88. The molecule has 0 aromatic carbocycles. The molecule has 2 unspecified atom stereocenters. The number of carbonyl (C=O) groups is 1. The number of nitrogens with two attached hydrogens (primary N) is 2. The molecule has 4 N–H and O–H groups in total. The second-order valence-electron chi connectivity index (χ2n) is 1.91. The molecule has 1 aliphatic heterocycles. The molecule has 0 saturated carbocycles. The van der Waals surface area contributed by atoms with E-state index in [-0.39, 0.29) is 31.4 Å². The number of carbonyl (C=O) groups excluding carboxylic acids is 1.